The van der Waals surface area contributed by atoms with Crippen LogP contribution in [0.5, 0.6) is 0 Å². The molecule has 0 aliphatic rings. The van der Waals surface area contributed by atoms with E-state index in [1.807, 2.05) is 44.2 Å². The van der Waals surface area contributed by atoms with Crippen LogP contribution < -0.4 is 5.56 Å². The summed E-state index contributed by atoms with van der Waals surface area (Å²) in [6, 6.07) is 17.4. The summed E-state index contributed by atoms with van der Waals surface area (Å²) in [5, 5.41) is 0.553. The number of amides is 1. The van der Waals surface area contributed by atoms with Crippen molar-refractivity contribution >= 4 is 16.8 Å². The van der Waals surface area contributed by atoms with Crippen molar-refractivity contribution in [3.8, 4) is 0 Å². The van der Waals surface area contributed by atoms with Crippen molar-refractivity contribution in [2.75, 3.05) is 6.54 Å². The summed E-state index contributed by atoms with van der Waals surface area (Å²) in [6.07, 6.45) is 3.42. The number of aromatic amines is 1. The monoisotopic (exact) mass is 375 g/mol. The van der Waals surface area contributed by atoms with Gasteiger partial charge in [-0.3, -0.25) is 9.59 Å². The fourth-order valence-electron chi connectivity index (χ4n) is 3.10. The number of nitrogens with one attached hydrogen (secondary N) is 1. The van der Waals surface area contributed by atoms with Gasteiger partial charge in [-0.25, -0.2) is 4.98 Å². The van der Waals surface area contributed by atoms with E-state index in [2.05, 4.69) is 22.1 Å². The molecule has 28 heavy (non-hydrogen) atoms. The third-order valence-electron chi connectivity index (χ3n) is 4.72. The number of aryl methyl sites for hydroxylation is 1. The Morgan fingerprint density at radius 1 is 1.11 bits per heavy atom. The Bertz CT molecular complexity index is 1040. The lowest BCUT2D eigenvalue weighted by molar-refractivity contribution is -0.126. The van der Waals surface area contributed by atoms with Crippen LogP contribution in [0.4, 0.5) is 0 Å². The van der Waals surface area contributed by atoms with E-state index in [-0.39, 0.29) is 18.0 Å². The SMILES string of the molecule is CCN(Cc1nc2ccccc2c(=O)[nH]1)C(=O)/C=C(\C)CCc1ccccc1. The number of allylic oxidation sites excluding steroid dienone is 1. The van der Waals surface area contributed by atoms with E-state index < -0.39 is 0 Å². The average Bonchev–Trinajstić information content (AvgIpc) is 2.71. The molecular weight excluding hydrogens is 350 g/mol. The van der Waals surface area contributed by atoms with Crippen LogP contribution in [0.2, 0.25) is 0 Å². The summed E-state index contributed by atoms with van der Waals surface area (Å²) in [7, 11) is 0. The number of benzene rings is 2. The molecule has 5 heteroatoms. The van der Waals surface area contributed by atoms with Crippen molar-refractivity contribution in [2.45, 2.75) is 33.2 Å². The van der Waals surface area contributed by atoms with Gasteiger partial charge in [0.25, 0.3) is 5.56 Å². The van der Waals surface area contributed by atoms with Gasteiger partial charge in [0.2, 0.25) is 5.91 Å². The lowest BCUT2D eigenvalue weighted by atomic mass is 10.1. The zero-order valence-corrected chi connectivity index (χ0v) is 16.3. The van der Waals surface area contributed by atoms with Gasteiger partial charge < -0.3 is 9.88 Å². The third kappa shape index (κ3) is 4.94. The van der Waals surface area contributed by atoms with Gasteiger partial charge in [0, 0.05) is 12.6 Å². The maximum atomic E-state index is 12.7. The Balaban J connectivity index is 1.68. The van der Waals surface area contributed by atoms with E-state index in [1.54, 1.807) is 23.1 Å². The van der Waals surface area contributed by atoms with Gasteiger partial charge in [-0.05, 0) is 44.4 Å². The smallest absolute Gasteiger partial charge is 0.258 e. The van der Waals surface area contributed by atoms with Gasteiger partial charge in [-0.1, -0.05) is 48.0 Å². The van der Waals surface area contributed by atoms with Crippen LogP contribution in [0.15, 0.2) is 71.0 Å². The first-order valence-electron chi connectivity index (χ1n) is 9.54. The number of para-hydroxylation sites is 1. The second-order valence-electron chi connectivity index (χ2n) is 6.86. The van der Waals surface area contributed by atoms with E-state index in [4.69, 9.17) is 0 Å². The minimum absolute atomic E-state index is 0.0659. The van der Waals surface area contributed by atoms with Gasteiger partial charge in [0.1, 0.15) is 5.82 Å². The number of carbonyl (C=O) groups is 1. The lowest BCUT2D eigenvalue weighted by Gasteiger charge is -2.19. The van der Waals surface area contributed by atoms with Crippen molar-refractivity contribution in [3.05, 3.63) is 88.0 Å². The zero-order valence-electron chi connectivity index (χ0n) is 16.3. The Hall–Kier alpha value is -3.21. The molecule has 0 fully saturated rings. The number of rotatable bonds is 7. The molecule has 1 N–H and O–H groups in total. The van der Waals surface area contributed by atoms with Crippen molar-refractivity contribution in [1.82, 2.24) is 14.9 Å². The molecule has 0 radical (unpaired) electrons. The molecule has 0 bridgehead atoms. The summed E-state index contributed by atoms with van der Waals surface area (Å²) < 4.78 is 0. The van der Waals surface area contributed by atoms with Crippen LogP contribution in [0.25, 0.3) is 10.9 Å². The van der Waals surface area contributed by atoms with Crippen molar-refractivity contribution in [3.63, 3.8) is 0 Å². The van der Waals surface area contributed by atoms with E-state index in [0.717, 1.165) is 18.4 Å². The van der Waals surface area contributed by atoms with Crippen LogP contribution in [0.1, 0.15) is 31.7 Å². The molecule has 0 saturated heterocycles. The summed E-state index contributed by atoms with van der Waals surface area (Å²) in [4.78, 5) is 33.9. The number of carbonyl (C=O) groups excluding carboxylic acids is 1. The Morgan fingerprint density at radius 3 is 2.57 bits per heavy atom. The fourth-order valence-corrected chi connectivity index (χ4v) is 3.10. The first kappa shape index (κ1) is 19.5. The standard InChI is InChI=1S/C23H25N3O2/c1-3-26(16-21-24-20-12-8-7-11-19(20)23(28)25-21)22(27)15-17(2)13-14-18-9-5-4-6-10-18/h4-12,15H,3,13-14,16H2,1-2H3,(H,24,25,28)/b17-15+. The van der Waals surface area contributed by atoms with E-state index in [0.29, 0.717) is 23.3 Å². The molecule has 0 atom stereocenters. The summed E-state index contributed by atoms with van der Waals surface area (Å²) >= 11 is 0. The van der Waals surface area contributed by atoms with E-state index in [1.165, 1.54) is 5.56 Å². The van der Waals surface area contributed by atoms with E-state index >= 15 is 0 Å². The van der Waals surface area contributed by atoms with Crippen LogP contribution in [-0.2, 0) is 17.8 Å². The maximum absolute atomic E-state index is 12.7. The second-order valence-corrected chi connectivity index (χ2v) is 6.86. The van der Waals surface area contributed by atoms with Crippen LogP contribution in [0.3, 0.4) is 0 Å². The quantitative estimate of drug-likeness (QED) is 0.638. The molecule has 0 unspecified atom stereocenters. The predicted molar refractivity (Wildman–Crippen MR) is 112 cm³/mol. The van der Waals surface area contributed by atoms with Crippen LogP contribution in [-0.4, -0.2) is 27.3 Å². The zero-order chi connectivity index (χ0) is 19.9. The van der Waals surface area contributed by atoms with Crippen LogP contribution in [0, 0.1) is 0 Å². The normalized spacial score (nSPS) is 11.6. The van der Waals surface area contributed by atoms with Crippen molar-refractivity contribution < 1.29 is 4.79 Å². The molecule has 5 nitrogen and oxygen atoms in total. The number of aromatic nitrogens is 2. The fraction of sp³-hybridized carbons (Fsp3) is 0.261. The summed E-state index contributed by atoms with van der Waals surface area (Å²) in [6.45, 7) is 4.71. The highest BCUT2D eigenvalue weighted by Gasteiger charge is 2.13. The molecule has 0 aliphatic heterocycles. The molecule has 144 valence electrons. The van der Waals surface area contributed by atoms with Gasteiger partial charge in [0.05, 0.1) is 17.4 Å². The summed E-state index contributed by atoms with van der Waals surface area (Å²) in [5.41, 5.74) is 2.75. The first-order chi connectivity index (χ1) is 13.6. The lowest BCUT2D eigenvalue weighted by Crippen LogP contribution is -2.30. The summed E-state index contributed by atoms with van der Waals surface area (Å²) in [5.74, 6) is 0.429. The van der Waals surface area contributed by atoms with Gasteiger partial charge in [0.15, 0.2) is 0 Å². The minimum Gasteiger partial charge on any atom is -0.332 e. The predicted octanol–water partition coefficient (Wildman–Crippen LogP) is 3.85. The number of hydrogen-bond acceptors (Lipinski definition) is 3. The van der Waals surface area contributed by atoms with Gasteiger partial charge in [-0.2, -0.15) is 0 Å². The number of fused-ring (bicyclic) bond motifs is 1. The Kier molecular flexibility index (Phi) is 6.37. The van der Waals surface area contributed by atoms with Crippen LogP contribution >= 0.6 is 0 Å². The van der Waals surface area contributed by atoms with Gasteiger partial charge >= 0.3 is 0 Å². The minimum atomic E-state index is -0.182. The largest absolute Gasteiger partial charge is 0.332 e. The van der Waals surface area contributed by atoms with Crippen molar-refractivity contribution in [2.24, 2.45) is 0 Å². The molecule has 0 aliphatic carbocycles. The molecule has 1 heterocycles. The first-order valence-corrected chi connectivity index (χ1v) is 9.54. The van der Waals surface area contributed by atoms with E-state index in [9.17, 15) is 9.59 Å². The molecule has 1 amide bonds. The molecular formula is C23H25N3O2. The highest BCUT2D eigenvalue weighted by atomic mass is 16.2. The molecule has 0 spiro atoms. The highest BCUT2D eigenvalue weighted by Crippen LogP contribution is 2.11. The Labute approximate surface area is 164 Å². The maximum Gasteiger partial charge on any atom is 0.258 e. The second kappa shape index (κ2) is 9.13. The average molecular weight is 375 g/mol. The number of likely N-dealkylation sites (N-methyl/N-ethyl adjacent to an activating group) is 1. The van der Waals surface area contributed by atoms with Gasteiger partial charge in [-0.15, -0.1) is 0 Å². The molecule has 3 aromatic rings. The number of H-pyrrole nitrogens is 1. The number of nitrogens with zero attached hydrogens (tertiary/aromatic N) is 2. The topological polar surface area (TPSA) is 66.1 Å². The Morgan fingerprint density at radius 2 is 1.82 bits per heavy atom. The highest BCUT2D eigenvalue weighted by molar-refractivity contribution is 5.88. The molecule has 3 rings (SSSR count). The third-order valence-corrected chi connectivity index (χ3v) is 4.72. The molecule has 0 saturated carbocycles. The molecule has 1 aromatic heterocycles. The number of hydrogen-bond donors (Lipinski definition) is 1. The van der Waals surface area contributed by atoms with Crippen molar-refractivity contribution in [1.29, 1.82) is 0 Å². The molecule has 2 aromatic carbocycles.